The van der Waals surface area contributed by atoms with E-state index in [1.165, 1.54) is 22.8 Å². The van der Waals surface area contributed by atoms with Gasteiger partial charge in [0, 0.05) is 37.3 Å². The van der Waals surface area contributed by atoms with Gasteiger partial charge in [-0.05, 0) is 11.6 Å². The molecule has 0 aliphatic carbocycles. The van der Waals surface area contributed by atoms with Crippen LogP contribution in [0, 0.1) is 0 Å². The first-order valence-electron chi connectivity index (χ1n) is 4.87. The fraction of sp³-hybridized carbons (Fsp3) is 0.500. The van der Waals surface area contributed by atoms with Gasteiger partial charge in [-0.3, -0.25) is 4.98 Å². The number of nitrogens with zero attached hydrogens (tertiary/aromatic N) is 2. The summed E-state index contributed by atoms with van der Waals surface area (Å²) in [6.07, 6.45) is 3.74. The molecular weight excluding hydrogens is 194 g/mol. The van der Waals surface area contributed by atoms with Gasteiger partial charge in [0.15, 0.2) is 0 Å². The number of anilines is 1. The zero-order valence-electron chi connectivity index (χ0n) is 8.15. The van der Waals surface area contributed by atoms with Crippen molar-refractivity contribution in [3.8, 4) is 0 Å². The highest BCUT2D eigenvalue weighted by atomic mass is 32.2. The number of nitrogens with two attached hydrogens (primary N) is 1. The van der Waals surface area contributed by atoms with Gasteiger partial charge < -0.3 is 10.6 Å². The Kier molecular flexibility index (Phi) is 3.26. The van der Waals surface area contributed by atoms with Crippen molar-refractivity contribution in [2.24, 2.45) is 5.73 Å². The standard InChI is InChI=1S/C10H15N3S/c11-7-9-1-2-12-8-10(9)13-3-5-14-6-4-13/h1-2,8H,3-7,11H2. The summed E-state index contributed by atoms with van der Waals surface area (Å²) in [6.45, 7) is 2.83. The van der Waals surface area contributed by atoms with Crippen LogP contribution in [0.2, 0.25) is 0 Å². The van der Waals surface area contributed by atoms with E-state index >= 15 is 0 Å². The van der Waals surface area contributed by atoms with Gasteiger partial charge in [-0.1, -0.05) is 0 Å². The summed E-state index contributed by atoms with van der Waals surface area (Å²) in [4.78, 5) is 6.55. The molecule has 0 saturated carbocycles. The first-order valence-corrected chi connectivity index (χ1v) is 6.03. The smallest absolute Gasteiger partial charge is 0.0598 e. The van der Waals surface area contributed by atoms with Crippen LogP contribution in [0.15, 0.2) is 18.5 Å². The Balaban J connectivity index is 2.20. The quantitative estimate of drug-likeness (QED) is 0.792. The highest BCUT2D eigenvalue weighted by Gasteiger charge is 2.13. The predicted octanol–water partition coefficient (Wildman–Crippen LogP) is 1.09. The Bertz CT molecular complexity index is 297. The highest BCUT2D eigenvalue weighted by molar-refractivity contribution is 7.99. The molecule has 0 bridgehead atoms. The van der Waals surface area contributed by atoms with E-state index in [4.69, 9.17) is 5.73 Å². The molecule has 0 unspecified atom stereocenters. The van der Waals surface area contributed by atoms with Gasteiger partial charge in [-0.25, -0.2) is 0 Å². The number of hydrogen-bond acceptors (Lipinski definition) is 4. The minimum Gasteiger partial charge on any atom is -0.368 e. The van der Waals surface area contributed by atoms with Crippen molar-refractivity contribution in [1.29, 1.82) is 0 Å². The van der Waals surface area contributed by atoms with Crippen LogP contribution in [0.1, 0.15) is 5.56 Å². The normalized spacial score (nSPS) is 17.1. The topological polar surface area (TPSA) is 42.1 Å². The Morgan fingerprint density at radius 3 is 2.93 bits per heavy atom. The van der Waals surface area contributed by atoms with E-state index < -0.39 is 0 Å². The minimum atomic E-state index is 0.599. The lowest BCUT2D eigenvalue weighted by molar-refractivity contribution is 0.842. The molecule has 1 aliphatic rings. The van der Waals surface area contributed by atoms with Crippen LogP contribution < -0.4 is 10.6 Å². The molecule has 1 aromatic rings. The van der Waals surface area contributed by atoms with Gasteiger partial charge in [0.2, 0.25) is 0 Å². The highest BCUT2D eigenvalue weighted by Crippen LogP contribution is 2.22. The summed E-state index contributed by atoms with van der Waals surface area (Å²) in [7, 11) is 0. The van der Waals surface area contributed by atoms with Gasteiger partial charge in [-0.15, -0.1) is 0 Å². The Morgan fingerprint density at radius 1 is 1.43 bits per heavy atom. The average molecular weight is 209 g/mol. The Morgan fingerprint density at radius 2 is 2.21 bits per heavy atom. The molecule has 3 nitrogen and oxygen atoms in total. The number of thioether (sulfide) groups is 1. The van der Waals surface area contributed by atoms with Crippen LogP contribution in [-0.2, 0) is 6.54 Å². The lowest BCUT2D eigenvalue weighted by Gasteiger charge is -2.29. The zero-order valence-corrected chi connectivity index (χ0v) is 8.96. The van der Waals surface area contributed by atoms with Crippen LogP contribution >= 0.6 is 11.8 Å². The number of pyridine rings is 1. The van der Waals surface area contributed by atoms with Gasteiger partial charge in [0.25, 0.3) is 0 Å². The molecule has 0 amide bonds. The second-order valence-electron chi connectivity index (χ2n) is 3.31. The van der Waals surface area contributed by atoms with E-state index in [0.717, 1.165) is 13.1 Å². The van der Waals surface area contributed by atoms with Crippen molar-refractivity contribution >= 4 is 17.4 Å². The van der Waals surface area contributed by atoms with E-state index in [1.807, 2.05) is 30.2 Å². The van der Waals surface area contributed by atoms with Crippen LogP contribution in [0.4, 0.5) is 5.69 Å². The van der Waals surface area contributed by atoms with Crippen molar-refractivity contribution in [2.75, 3.05) is 29.5 Å². The van der Waals surface area contributed by atoms with E-state index in [1.54, 1.807) is 0 Å². The van der Waals surface area contributed by atoms with E-state index in [9.17, 15) is 0 Å². The molecular formula is C10H15N3S. The molecule has 0 aromatic carbocycles. The molecule has 2 N–H and O–H groups in total. The third-order valence-corrected chi connectivity index (χ3v) is 3.40. The summed E-state index contributed by atoms with van der Waals surface area (Å²) >= 11 is 2.01. The first-order chi connectivity index (χ1) is 6.92. The number of rotatable bonds is 2. The van der Waals surface area contributed by atoms with Crippen LogP contribution in [-0.4, -0.2) is 29.6 Å². The molecule has 1 aromatic heterocycles. The van der Waals surface area contributed by atoms with Crippen molar-refractivity contribution < 1.29 is 0 Å². The third-order valence-electron chi connectivity index (χ3n) is 2.46. The number of aromatic nitrogens is 1. The molecule has 1 fully saturated rings. The van der Waals surface area contributed by atoms with E-state index in [0.29, 0.717) is 6.54 Å². The summed E-state index contributed by atoms with van der Waals surface area (Å²) in [5, 5.41) is 0. The fourth-order valence-corrected chi connectivity index (χ4v) is 2.58. The zero-order chi connectivity index (χ0) is 9.80. The maximum Gasteiger partial charge on any atom is 0.0598 e. The lowest BCUT2D eigenvalue weighted by Crippen LogP contribution is -2.33. The molecule has 0 radical (unpaired) electrons. The molecule has 0 atom stereocenters. The summed E-state index contributed by atoms with van der Waals surface area (Å²) in [5.41, 5.74) is 8.12. The maximum atomic E-state index is 5.70. The van der Waals surface area contributed by atoms with Gasteiger partial charge in [0.05, 0.1) is 11.9 Å². The van der Waals surface area contributed by atoms with Crippen molar-refractivity contribution in [2.45, 2.75) is 6.54 Å². The minimum absolute atomic E-state index is 0.599. The lowest BCUT2D eigenvalue weighted by atomic mass is 10.2. The van der Waals surface area contributed by atoms with Crippen molar-refractivity contribution in [1.82, 2.24) is 4.98 Å². The molecule has 76 valence electrons. The molecule has 0 spiro atoms. The molecule has 1 aliphatic heterocycles. The summed E-state index contributed by atoms with van der Waals surface area (Å²) in [5.74, 6) is 2.41. The fourth-order valence-electron chi connectivity index (χ4n) is 1.68. The van der Waals surface area contributed by atoms with Crippen LogP contribution in [0.3, 0.4) is 0 Å². The van der Waals surface area contributed by atoms with Crippen molar-refractivity contribution in [3.63, 3.8) is 0 Å². The SMILES string of the molecule is NCc1ccncc1N1CCSCC1. The van der Waals surface area contributed by atoms with Crippen LogP contribution in [0.25, 0.3) is 0 Å². The maximum absolute atomic E-state index is 5.70. The van der Waals surface area contributed by atoms with E-state index in [2.05, 4.69) is 9.88 Å². The summed E-state index contributed by atoms with van der Waals surface area (Å²) < 4.78 is 0. The largest absolute Gasteiger partial charge is 0.368 e. The van der Waals surface area contributed by atoms with Gasteiger partial charge in [-0.2, -0.15) is 11.8 Å². The second-order valence-corrected chi connectivity index (χ2v) is 4.53. The average Bonchev–Trinajstić information content (AvgIpc) is 2.30. The molecule has 1 saturated heterocycles. The van der Waals surface area contributed by atoms with Crippen molar-refractivity contribution in [3.05, 3.63) is 24.0 Å². The number of hydrogen-bond donors (Lipinski definition) is 1. The second kappa shape index (κ2) is 4.66. The first kappa shape index (κ1) is 9.80. The molecule has 14 heavy (non-hydrogen) atoms. The summed E-state index contributed by atoms with van der Waals surface area (Å²) in [6, 6.07) is 2.01. The van der Waals surface area contributed by atoms with Gasteiger partial charge >= 0.3 is 0 Å². The third kappa shape index (κ3) is 2.01. The van der Waals surface area contributed by atoms with Gasteiger partial charge in [0.1, 0.15) is 0 Å². The Labute approximate surface area is 88.7 Å². The monoisotopic (exact) mass is 209 g/mol. The van der Waals surface area contributed by atoms with E-state index in [-0.39, 0.29) is 0 Å². The van der Waals surface area contributed by atoms with Crippen LogP contribution in [0.5, 0.6) is 0 Å². The molecule has 2 heterocycles. The Hall–Kier alpha value is -0.740. The molecule has 2 rings (SSSR count). The predicted molar refractivity (Wildman–Crippen MR) is 61.7 cm³/mol. The molecule has 4 heteroatoms.